The largest absolute Gasteiger partial charge is 0.493 e. The summed E-state index contributed by atoms with van der Waals surface area (Å²) in [6.45, 7) is 1.57. The summed E-state index contributed by atoms with van der Waals surface area (Å²) < 4.78 is 10.5. The molecule has 130 valence electrons. The van der Waals surface area contributed by atoms with Gasteiger partial charge in [0.1, 0.15) is 5.69 Å². The van der Waals surface area contributed by atoms with Crippen LogP contribution >= 0.6 is 0 Å². The number of benzene rings is 2. The van der Waals surface area contributed by atoms with E-state index in [9.17, 15) is 14.9 Å². The first-order chi connectivity index (χ1) is 12.1. The lowest BCUT2D eigenvalue weighted by molar-refractivity contribution is -0.384. The van der Waals surface area contributed by atoms with E-state index >= 15 is 0 Å². The number of hydrogen-bond donors (Lipinski definition) is 0. The van der Waals surface area contributed by atoms with Crippen LogP contribution in [0.25, 0.3) is 0 Å². The molecule has 1 heterocycles. The van der Waals surface area contributed by atoms with Crippen molar-refractivity contribution in [2.75, 3.05) is 25.1 Å². The summed E-state index contributed by atoms with van der Waals surface area (Å²) in [6.07, 6.45) is 2.02. The highest BCUT2D eigenvalue weighted by molar-refractivity contribution is 5.93. The van der Waals surface area contributed by atoms with Gasteiger partial charge in [0.05, 0.1) is 17.6 Å². The van der Waals surface area contributed by atoms with Crippen molar-refractivity contribution in [2.45, 2.75) is 12.8 Å². The van der Waals surface area contributed by atoms with Crippen LogP contribution in [0, 0.1) is 10.1 Å². The molecule has 0 unspecified atom stereocenters. The van der Waals surface area contributed by atoms with Gasteiger partial charge in [-0.2, -0.15) is 0 Å². The standard InChI is InChI=1S/C18H18N2O5/c1-24-16-6-2-3-7-17(16)25-18(21)13-8-9-14(15(12-13)20(22)23)19-10-4-5-11-19/h2-3,6-9,12H,4-5,10-11H2,1H3. The Labute approximate surface area is 144 Å². The molecule has 0 atom stereocenters. The predicted molar refractivity (Wildman–Crippen MR) is 92.5 cm³/mol. The Morgan fingerprint density at radius 3 is 2.44 bits per heavy atom. The van der Waals surface area contributed by atoms with Gasteiger partial charge in [-0.1, -0.05) is 12.1 Å². The average molecular weight is 342 g/mol. The molecular weight excluding hydrogens is 324 g/mol. The summed E-state index contributed by atoms with van der Waals surface area (Å²) in [6, 6.07) is 11.2. The van der Waals surface area contributed by atoms with Crippen LogP contribution in [0.4, 0.5) is 11.4 Å². The molecule has 0 amide bonds. The molecule has 0 aliphatic carbocycles. The third kappa shape index (κ3) is 3.55. The molecule has 0 spiro atoms. The van der Waals surface area contributed by atoms with Crippen molar-refractivity contribution in [3.05, 3.63) is 58.1 Å². The minimum absolute atomic E-state index is 0.0867. The van der Waals surface area contributed by atoms with Crippen molar-refractivity contribution >= 4 is 17.3 Å². The molecule has 1 saturated heterocycles. The normalized spacial score (nSPS) is 13.6. The highest BCUT2D eigenvalue weighted by Crippen LogP contribution is 2.32. The van der Waals surface area contributed by atoms with E-state index in [-0.39, 0.29) is 17.0 Å². The number of para-hydroxylation sites is 2. The number of carbonyl (C=O) groups is 1. The van der Waals surface area contributed by atoms with Gasteiger partial charge in [0.2, 0.25) is 0 Å². The second-order valence-corrected chi connectivity index (χ2v) is 5.70. The molecule has 1 aliphatic rings. The van der Waals surface area contributed by atoms with E-state index in [0.29, 0.717) is 11.4 Å². The monoisotopic (exact) mass is 342 g/mol. The zero-order valence-corrected chi connectivity index (χ0v) is 13.8. The maximum absolute atomic E-state index is 12.4. The first-order valence-corrected chi connectivity index (χ1v) is 7.98. The molecule has 2 aromatic carbocycles. The van der Waals surface area contributed by atoms with Crippen molar-refractivity contribution in [3.8, 4) is 11.5 Å². The number of methoxy groups -OCH3 is 1. The van der Waals surface area contributed by atoms with Crippen LogP contribution < -0.4 is 14.4 Å². The van der Waals surface area contributed by atoms with Crippen molar-refractivity contribution in [2.24, 2.45) is 0 Å². The molecule has 0 saturated carbocycles. The van der Waals surface area contributed by atoms with E-state index in [1.54, 1.807) is 36.4 Å². The van der Waals surface area contributed by atoms with Gasteiger partial charge in [0, 0.05) is 19.2 Å². The van der Waals surface area contributed by atoms with E-state index in [4.69, 9.17) is 9.47 Å². The minimum Gasteiger partial charge on any atom is -0.493 e. The van der Waals surface area contributed by atoms with Gasteiger partial charge in [-0.15, -0.1) is 0 Å². The van der Waals surface area contributed by atoms with Gasteiger partial charge in [0.15, 0.2) is 11.5 Å². The molecule has 1 fully saturated rings. The molecule has 3 rings (SSSR count). The SMILES string of the molecule is COc1ccccc1OC(=O)c1ccc(N2CCCC2)c([N+](=O)[O-])c1. The number of nitrogens with zero attached hydrogens (tertiary/aromatic N) is 2. The number of anilines is 1. The van der Waals surface area contributed by atoms with Crippen LogP contribution in [0.2, 0.25) is 0 Å². The number of carbonyl (C=O) groups excluding carboxylic acids is 1. The Kier molecular flexibility index (Phi) is 4.83. The lowest BCUT2D eigenvalue weighted by atomic mass is 10.1. The average Bonchev–Trinajstić information content (AvgIpc) is 3.16. The smallest absolute Gasteiger partial charge is 0.343 e. The van der Waals surface area contributed by atoms with E-state index in [1.165, 1.54) is 13.2 Å². The van der Waals surface area contributed by atoms with Gasteiger partial charge in [0.25, 0.3) is 5.69 Å². The summed E-state index contributed by atoms with van der Waals surface area (Å²) in [5.41, 5.74) is 0.577. The van der Waals surface area contributed by atoms with Gasteiger partial charge in [-0.3, -0.25) is 10.1 Å². The van der Waals surface area contributed by atoms with Crippen molar-refractivity contribution < 1.29 is 19.2 Å². The van der Waals surface area contributed by atoms with E-state index in [0.717, 1.165) is 25.9 Å². The van der Waals surface area contributed by atoms with Crippen molar-refractivity contribution in [1.29, 1.82) is 0 Å². The quantitative estimate of drug-likeness (QED) is 0.358. The first kappa shape index (κ1) is 16.8. The Morgan fingerprint density at radius 2 is 1.80 bits per heavy atom. The van der Waals surface area contributed by atoms with E-state index < -0.39 is 10.9 Å². The third-order valence-electron chi connectivity index (χ3n) is 4.13. The maximum atomic E-state index is 12.4. The summed E-state index contributed by atoms with van der Waals surface area (Å²) >= 11 is 0. The summed E-state index contributed by atoms with van der Waals surface area (Å²) in [4.78, 5) is 25.3. The summed E-state index contributed by atoms with van der Waals surface area (Å²) in [5, 5.41) is 11.4. The second kappa shape index (κ2) is 7.21. The topological polar surface area (TPSA) is 81.9 Å². The number of rotatable bonds is 5. The second-order valence-electron chi connectivity index (χ2n) is 5.70. The van der Waals surface area contributed by atoms with E-state index in [2.05, 4.69) is 0 Å². The first-order valence-electron chi connectivity index (χ1n) is 7.98. The molecule has 25 heavy (non-hydrogen) atoms. The molecule has 7 heteroatoms. The summed E-state index contributed by atoms with van der Waals surface area (Å²) in [7, 11) is 1.47. The number of ether oxygens (including phenoxy) is 2. The minimum atomic E-state index is -0.666. The zero-order valence-electron chi connectivity index (χ0n) is 13.8. The van der Waals surface area contributed by atoms with Crippen molar-refractivity contribution in [1.82, 2.24) is 0 Å². The van der Waals surface area contributed by atoms with Crippen LogP contribution in [0.5, 0.6) is 11.5 Å². The molecular formula is C18H18N2O5. The number of hydrogen-bond acceptors (Lipinski definition) is 6. The molecule has 0 radical (unpaired) electrons. The van der Waals surface area contributed by atoms with Crippen LogP contribution in [-0.2, 0) is 0 Å². The van der Waals surface area contributed by atoms with Crippen LogP contribution in [0.3, 0.4) is 0 Å². The number of nitro groups is 1. The highest BCUT2D eigenvalue weighted by Gasteiger charge is 2.24. The summed E-state index contributed by atoms with van der Waals surface area (Å²) in [5.74, 6) is 0.0147. The molecule has 1 aliphatic heterocycles. The molecule has 0 bridgehead atoms. The predicted octanol–water partition coefficient (Wildman–Crippen LogP) is 3.42. The third-order valence-corrected chi connectivity index (χ3v) is 4.13. The fourth-order valence-electron chi connectivity index (χ4n) is 2.88. The van der Waals surface area contributed by atoms with Crippen LogP contribution in [-0.4, -0.2) is 31.1 Å². The van der Waals surface area contributed by atoms with Crippen molar-refractivity contribution in [3.63, 3.8) is 0 Å². The molecule has 0 aromatic heterocycles. The Bertz CT molecular complexity index is 800. The fourth-order valence-corrected chi connectivity index (χ4v) is 2.88. The van der Waals surface area contributed by atoms with E-state index in [1.807, 2.05) is 4.90 Å². The van der Waals surface area contributed by atoms with Gasteiger partial charge in [-0.25, -0.2) is 4.79 Å². The fraction of sp³-hybridized carbons (Fsp3) is 0.278. The highest BCUT2D eigenvalue weighted by atomic mass is 16.6. The lowest BCUT2D eigenvalue weighted by Crippen LogP contribution is -2.19. The molecule has 2 aromatic rings. The van der Waals surface area contributed by atoms with Gasteiger partial charge < -0.3 is 14.4 Å². The Balaban J connectivity index is 1.88. The number of nitro benzene ring substituents is 1. The Hall–Kier alpha value is -3.09. The van der Waals surface area contributed by atoms with Crippen LogP contribution in [0.15, 0.2) is 42.5 Å². The van der Waals surface area contributed by atoms with Crippen LogP contribution in [0.1, 0.15) is 23.2 Å². The molecule has 7 nitrogen and oxygen atoms in total. The zero-order chi connectivity index (χ0) is 17.8. The maximum Gasteiger partial charge on any atom is 0.343 e. The number of esters is 1. The Morgan fingerprint density at radius 1 is 1.12 bits per heavy atom. The lowest BCUT2D eigenvalue weighted by Gasteiger charge is -2.17. The molecule has 0 N–H and O–H groups in total. The van der Waals surface area contributed by atoms with Gasteiger partial charge >= 0.3 is 5.97 Å². The van der Waals surface area contributed by atoms with Gasteiger partial charge in [-0.05, 0) is 37.1 Å².